The fourth-order valence-corrected chi connectivity index (χ4v) is 2.26. The summed E-state index contributed by atoms with van der Waals surface area (Å²) in [5, 5.41) is 0. The third kappa shape index (κ3) is 3.36. The molecule has 0 N–H and O–H groups in total. The molecule has 1 aromatic rings. The van der Waals surface area contributed by atoms with E-state index in [1.54, 1.807) is 0 Å². The van der Waals surface area contributed by atoms with E-state index in [1.807, 2.05) is 0 Å². The van der Waals surface area contributed by atoms with E-state index < -0.39 is 58.8 Å². The van der Waals surface area contributed by atoms with Crippen molar-refractivity contribution in [2.24, 2.45) is 0 Å². The summed E-state index contributed by atoms with van der Waals surface area (Å²) < 4.78 is 224. The summed E-state index contributed by atoms with van der Waals surface area (Å²) in [5.74, 6) is -56.4. The van der Waals surface area contributed by atoms with E-state index in [9.17, 15) is 74.6 Å². The van der Waals surface area contributed by atoms with Gasteiger partial charge >= 0.3 is 47.6 Å². The second-order valence-electron chi connectivity index (χ2n) is 6.33. The predicted octanol–water partition coefficient (Wildman–Crippen LogP) is 7.46. The second kappa shape index (κ2) is 7.27. The summed E-state index contributed by atoms with van der Waals surface area (Å²) in [6, 6.07) is 1.77. The minimum atomic E-state index is -8.62. The van der Waals surface area contributed by atoms with Crippen LogP contribution in [0, 0.1) is 6.92 Å². The molecule has 0 fully saturated rings. The first-order chi connectivity index (χ1) is 13.8. The Morgan fingerprint density at radius 2 is 0.750 bits per heavy atom. The number of hydrogen-bond donors (Lipinski definition) is 0. The van der Waals surface area contributed by atoms with Crippen LogP contribution in [-0.2, 0) is 5.92 Å². The molecular formula is C15H7F17. The molecule has 0 aliphatic rings. The van der Waals surface area contributed by atoms with E-state index in [4.69, 9.17) is 0 Å². The lowest BCUT2D eigenvalue weighted by molar-refractivity contribution is -0.462. The van der Waals surface area contributed by atoms with E-state index in [2.05, 4.69) is 0 Å². The Kier molecular flexibility index (Phi) is 6.37. The van der Waals surface area contributed by atoms with Crippen molar-refractivity contribution in [3.8, 4) is 0 Å². The third-order valence-electron chi connectivity index (χ3n) is 4.21. The van der Waals surface area contributed by atoms with Gasteiger partial charge in [0, 0.05) is 5.56 Å². The first-order valence-electron chi connectivity index (χ1n) is 7.54. The molecule has 186 valence electrons. The molecule has 1 aromatic carbocycles. The molecule has 0 aromatic heterocycles. The van der Waals surface area contributed by atoms with Crippen molar-refractivity contribution in [1.29, 1.82) is 0 Å². The van der Waals surface area contributed by atoms with Gasteiger partial charge in [-0.1, -0.05) is 24.3 Å². The molecule has 0 atom stereocenters. The van der Waals surface area contributed by atoms with Gasteiger partial charge in [0.15, 0.2) is 0 Å². The fraction of sp³-hybridized carbons (Fsp3) is 0.600. The number of halogens is 17. The smallest absolute Gasteiger partial charge is 0.194 e. The van der Waals surface area contributed by atoms with Crippen molar-refractivity contribution in [2.45, 2.75) is 54.6 Å². The van der Waals surface area contributed by atoms with Gasteiger partial charge in [0.1, 0.15) is 0 Å². The molecule has 0 nitrogen and oxygen atoms in total. The largest absolute Gasteiger partial charge is 0.460 e. The average Bonchev–Trinajstić information content (AvgIpc) is 2.59. The van der Waals surface area contributed by atoms with Gasteiger partial charge in [-0.3, -0.25) is 0 Å². The van der Waals surface area contributed by atoms with Crippen molar-refractivity contribution in [2.75, 3.05) is 0 Å². The topological polar surface area (TPSA) is 0 Å². The van der Waals surface area contributed by atoms with Gasteiger partial charge in [-0.25, -0.2) is 0 Å². The molecule has 0 amide bonds. The Morgan fingerprint density at radius 1 is 0.438 bits per heavy atom. The predicted molar refractivity (Wildman–Crippen MR) is 70.8 cm³/mol. The highest BCUT2D eigenvalue weighted by molar-refractivity contribution is 5.33. The van der Waals surface area contributed by atoms with Crippen LogP contribution in [0.2, 0.25) is 0 Å². The Hall–Kier alpha value is -1.97. The highest BCUT2D eigenvalue weighted by Crippen LogP contribution is 2.65. The number of benzene rings is 1. The van der Waals surface area contributed by atoms with Gasteiger partial charge < -0.3 is 0 Å². The van der Waals surface area contributed by atoms with Crippen molar-refractivity contribution < 1.29 is 74.6 Å². The van der Waals surface area contributed by atoms with Gasteiger partial charge in [-0.05, 0) is 12.5 Å². The molecule has 0 unspecified atom stereocenters. The Morgan fingerprint density at radius 3 is 1.09 bits per heavy atom. The highest BCUT2D eigenvalue weighted by atomic mass is 19.4. The zero-order chi connectivity index (χ0) is 26.0. The van der Waals surface area contributed by atoms with Crippen LogP contribution in [0.3, 0.4) is 0 Å². The normalized spacial score (nSPS) is 15.8. The fourth-order valence-electron chi connectivity index (χ4n) is 2.26. The minimum absolute atomic E-state index is 0.0674. The lowest BCUT2D eigenvalue weighted by atomic mass is 9.86. The summed E-state index contributed by atoms with van der Waals surface area (Å²) in [6.07, 6.45) is -7.76. The first kappa shape index (κ1) is 28.1. The monoisotopic (exact) mass is 510 g/mol. The van der Waals surface area contributed by atoms with Gasteiger partial charge in [0.25, 0.3) is 0 Å². The van der Waals surface area contributed by atoms with Crippen molar-refractivity contribution in [3.05, 3.63) is 35.4 Å². The Labute approximate surface area is 166 Å². The van der Waals surface area contributed by atoms with Crippen molar-refractivity contribution >= 4 is 0 Å². The summed E-state index contributed by atoms with van der Waals surface area (Å²) in [5.41, 5.74) is -3.20. The third-order valence-corrected chi connectivity index (χ3v) is 4.21. The van der Waals surface area contributed by atoms with Crippen LogP contribution in [0.5, 0.6) is 0 Å². The first-order valence-corrected chi connectivity index (χ1v) is 7.54. The van der Waals surface area contributed by atoms with E-state index in [1.165, 1.54) is 0 Å². The van der Waals surface area contributed by atoms with Gasteiger partial charge in [0.2, 0.25) is 0 Å². The van der Waals surface area contributed by atoms with Gasteiger partial charge in [-0.2, -0.15) is 74.6 Å². The summed E-state index contributed by atoms with van der Waals surface area (Å²) >= 11 is 0. The van der Waals surface area contributed by atoms with E-state index >= 15 is 0 Å². The quantitative estimate of drug-likeness (QED) is 0.334. The molecule has 0 bridgehead atoms. The van der Waals surface area contributed by atoms with Crippen LogP contribution in [-0.4, -0.2) is 41.7 Å². The maximum atomic E-state index is 14.0. The molecule has 17 heteroatoms. The highest BCUT2D eigenvalue weighted by Gasteiger charge is 2.95. The lowest BCUT2D eigenvalue weighted by Crippen LogP contribution is -2.74. The molecule has 0 radical (unpaired) electrons. The number of alkyl halides is 17. The molecule has 1 rings (SSSR count). The second-order valence-corrected chi connectivity index (χ2v) is 6.33. The standard InChI is InChI=1S/C15H7F17/c1-6-4-2-3-5-7(6)8(16,17)9(18,19)10(20,21)11(22,23)12(24,25)13(26,27)14(28,29)15(30,31)32/h2-5H,1H3. The van der Waals surface area contributed by atoms with Crippen molar-refractivity contribution in [1.82, 2.24) is 0 Å². The molecular weight excluding hydrogens is 503 g/mol. The zero-order valence-corrected chi connectivity index (χ0v) is 14.7. The lowest BCUT2D eigenvalue weighted by Gasteiger charge is -2.43. The molecule has 0 aliphatic carbocycles. The van der Waals surface area contributed by atoms with E-state index in [0.717, 1.165) is 6.07 Å². The number of hydrogen-bond acceptors (Lipinski definition) is 0. The van der Waals surface area contributed by atoms with Crippen LogP contribution < -0.4 is 0 Å². The average molecular weight is 510 g/mol. The van der Waals surface area contributed by atoms with Crippen LogP contribution in [0.15, 0.2) is 24.3 Å². The van der Waals surface area contributed by atoms with Gasteiger partial charge in [0.05, 0.1) is 0 Å². The zero-order valence-electron chi connectivity index (χ0n) is 14.7. The number of rotatable bonds is 7. The summed E-state index contributed by atoms with van der Waals surface area (Å²) in [4.78, 5) is 0. The summed E-state index contributed by atoms with van der Waals surface area (Å²) in [6.45, 7) is 0.530. The molecule has 0 aliphatic heterocycles. The van der Waals surface area contributed by atoms with Crippen molar-refractivity contribution in [3.63, 3.8) is 0 Å². The molecule has 0 heterocycles. The molecule has 0 spiro atoms. The maximum absolute atomic E-state index is 14.0. The maximum Gasteiger partial charge on any atom is 0.460 e. The van der Waals surface area contributed by atoms with Crippen LogP contribution in [0.1, 0.15) is 11.1 Å². The summed E-state index contributed by atoms with van der Waals surface area (Å²) in [7, 11) is 0. The Bertz CT molecular complexity index is 833. The molecule has 32 heavy (non-hydrogen) atoms. The van der Waals surface area contributed by atoms with E-state index in [-0.39, 0.29) is 6.07 Å². The SMILES string of the molecule is Cc1ccccc1C(F)(F)C(F)(F)C(F)(F)C(F)(F)C(F)(F)C(F)(F)C(F)(F)C(F)(F)F. The van der Waals surface area contributed by atoms with Crippen LogP contribution in [0.25, 0.3) is 0 Å². The minimum Gasteiger partial charge on any atom is -0.194 e. The van der Waals surface area contributed by atoms with Crippen LogP contribution >= 0.6 is 0 Å². The molecule has 0 saturated heterocycles. The van der Waals surface area contributed by atoms with Gasteiger partial charge in [-0.15, -0.1) is 0 Å². The van der Waals surface area contributed by atoms with Crippen LogP contribution in [0.4, 0.5) is 74.6 Å². The number of aryl methyl sites for hydroxylation is 1. The van der Waals surface area contributed by atoms with E-state index in [0.29, 0.717) is 19.1 Å². The molecule has 0 saturated carbocycles. The Balaban J connectivity index is 3.74.